The molecule has 28 heavy (non-hydrogen) atoms. The molecule has 0 bridgehead atoms. The lowest BCUT2D eigenvalue weighted by atomic mass is 9.94. The van der Waals surface area contributed by atoms with Crippen LogP contribution in [-0.4, -0.2) is 19.1 Å². The molecule has 2 aromatic carbocycles. The number of halogens is 3. The number of benzene rings is 2. The fourth-order valence-electron chi connectivity index (χ4n) is 3.16. The molecule has 0 fully saturated rings. The van der Waals surface area contributed by atoms with Gasteiger partial charge in [0, 0.05) is 6.42 Å². The summed E-state index contributed by atoms with van der Waals surface area (Å²) < 4.78 is 51.0. The van der Waals surface area contributed by atoms with Crippen LogP contribution in [0.3, 0.4) is 0 Å². The third-order valence-corrected chi connectivity index (χ3v) is 4.56. The van der Waals surface area contributed by atoms with Gasteiger partial charge < -0.3 is 14.8 Å². The van der Waals surface area contributed by atoms with E-state index in [1.807, 2.05) is 13.8 Å². The van der Waals surface area contributed by atoms with Gasteiger partial charge >= 0.3 is 6.18 Å². The Morgan fingerprint density at radius 2 is 1.71 bits per heavy atom. The lowest BCUT2D eigenvalue weighted by molar-refractivity contribution is -0.137. The summed E-state index contributed by atoms with van der Waals surface area (Å²) in [6.07, 6.45) is -3.83. The van der Waals surface area contributed by atoms with Crippen molar-refractivity contribution in [3.05, 3.63) is 59.2 Å². The largest absolute Gasteiger partial charge is 0.490 e. The molecule has 0 aliphatic carbocycles. The van der Waals surface area contributed by atoms with E-state index in [1.54, 1.807) is 18.2 Å². The van der Waals surface area contributed by atoms with E-state index in [2.05, 4.69) is 5.32 Å². The summed E-state index contributed by atoms with van der Waals surface area (Å²) in [6.45, 7) is 4.87. The standard InChI is InChI=1S/C21H22F3NO3/c1-13(2)19(14-8-9-17-18(12-14)28-11-5-10-27-17)25-20(26)15-6-3-4-7-16(15)21(22,23)24/h3-4,6-9,12-13,19H,5,10-11H2,1-2H3,(H,25,26)/t19-/m1/s1. The Bertz CT molecular complexity index is 849. The number of alkyl halides is 3. The van der Waals surface area contributed by atoms with Crippen LogP contribution in [0.5, 0.6) is 11.5 Å². The molecule has 0 aromatic heterocycles. The zero-order chi connectivity index (χ0) is 20.3. The third-order valence-electron chi connectivity index (χ3n) is 4.56. The highest BCUT2D eigenvalue weighted by atomic mass is 19.4. The summed E-state index contributed by atoms with van der Waals surface area (Å²) in [6, 6.07) is 9.64. The lowest BCUT2D eigenvalue weighted by Gasteiger charge is -2.24. The van der Waals surface area contributed by atoms with Gasteiger partial charge in [-0.05, 0) is 35.7 Å². The van der Waals surface area contributed by atoms with Crippen molar-refractivity contribution in [2.24, 2.45) is 5.92 Å². The monoisotopic (exact) mass is 393 g/mol. The van der Waals surface area contributed by atoms with E-state index in [9.17, 15) is 18.0 Å². The summed E-state index contributed by atoms with van der Waals surface area (Å²) >= 11 is 0. The number of hydrogen-bond acceptors (Lipinski definition) is 3. The molecule has 7 heteroatoms. The van der Waals surface area contributed by atoms with Gasteiger partial charge in [0.2, 0.25) is 0 Å². The van der Waals surface area contributed by atoms with Crippen LogP contribution in [0.25, 0.3) is 0 Å². The Balaban J connectivity index is 1.89. The molecule has 0 radical (unpaired) electrons. The number of ether oxygens (including phenoxy) is 2. The second-order valence-corrected chi connectivity index (χ2v) is 7.00. The molecule has 1 heterocycles. The summed E-state index contributed by atoms with van der Waals surface area (Å²) in [4.78, 5) is 12.7. The van der Waals surface area contributed by atoms with Crippen molar-refractivity contribution in [2.75, 3.05) is 13.2 Å². The van der Waals surface area contributed by atoms with Gasteiger partial charge in [0.15, 0.2) is 11.5 Å². The van der Waals surface area contributed by atoms with Gasteiger partial charge in [-0.3, -0.25) is 4.79 Å². The molecule has 3 rings (SSSR count). The number of fused-ring (bicyclic) bond motifs is 1. The summed E-state index contributed by atoms with van der Waals surface area (Å²) in [7, 11) is 0. The SMILES string of the molecule is CC(C)[C@@H](NC(=O)c1ccccc1C(F)(F)F)c1ccc2c(c1)OCCCO2. The first kappa shape index (κ1) is 20.0. The second-order valence-electron chi connectivity index (χ2n) is 7.00. The number of amides is 1. The molecular formula is C21H22F3NO3. The number of carbonyl (C=O) groups is 1. The van der Waals surface area contributed by atoms with E-state index >= 15 is 0 Å². The molecule has 1 aliphatic rings. The molecule has 1 amide bonds. The van der Waals surface area contributed by atoms with Crippen molar-refractivity contribution < 1.29 is 27.4 Å². The minimum absolute atomic E-state index is 0.0493. The molecule has 0 saturated carbocycles. The molecule has 2 aromatic rings. The molecule has 1 atom stereocenters. The van der Waals surface area contributed by atoms with E-state index < -0.39 is 29.3 Å². The number of carbonyl (C=O) groups excluding carboxylic acids is 1. The summed E-state index contributed by atoms with van der Waals surface area (Å²) in [5, 5.41) is 2.75. The van der Waals surface area contributed by atoms with Gasteiger partial charge in [0.25, 0.3) is 5.91 Å². The van der Waals surface area contributed by atoms with Crippen LogP contribution in [0.2, 0.25) is 0 Å². The van der Waals surface area contributed by atoms with E-state index in [-0.39, 0.29) is 5.92 Å². The number of rotatable bonds is 4. The normalized spacial score (nSPS) is 15.1. The number of hydrogen-bond donors (Lipinski definition) is 1. The Morgan fingerprint density at radius 1 is 1.04 bits per heavy atom. The molecule has 1 N–H and O–H groups in total. The van der Waals surface area contributed by atoms with Crippen molar-refractivity contribution >= 4 is 5.91 Å². The first-order valence-corrected chi connectivity index (χ1v) is 9.14. The van der Waals surface area contributed by atoms with Crippen LogP contribution in [0.1, 0.15) is 47.8 Å². The first-order chi connectivity index (χ1) is 13.3. The van der Waals surface area contributed by atoms with Crippen molar-refractivity contribution in [3.8, 4) is 11.5 Å². The van der Waals surface area contributed by atoms with Gasteiger partial charge in [0.05, 0.1) is 30.4 Å². The van der Waals surface area contributed by atoms with Gasteiger partial charge in [-0.25, -0.2) is 0 Å². The smallest absolute Gasteiger partial charge is 0.417 e. The van der Waals surface area contributed by atoms with Gasteiger partial charge in [-0.15, -0.1) is 0 Å². The molecule has 4 nitrogen and oxygen atoms in total. The summed E-state index contributed by atoms with van der Waals surface area (Å²) in [5.41, 5.74) is -0.597. The predicted molar refractivity (Wildman–Crippen MR) is 98.5 cm³/mol. The first-order valence-electron chi connectivity index (χ1n) is 9.14. The number of nitrogens with one attached hydrogen (secondary N) is 1. The molecule has 1 aliphatic heterocycles. The van der Waals surface area contributed by atoms with Crippen LogP contribution < -0.4 is 14.8 Å². The maximum atomic E-state index is 13.2. The molecule has 0 saturated heterocycles. The molecule has 150 valence electrons. The molecular weight excluding hydrogens is 371 g/mol. The zero-order valence-electron chi connectivity index (χ0n) is 15.7. The van der Waals surface area contributed by atoms with Crippen molar-refractivity contribution in [1.29, 1.82) is 0 Å². The highest BCUT2D eigenvalue weighted by molar-refractivity contribution is 5.96. The van der Waals surface area contributed by atoms with Crippen molar-refractivity contribution in [2.45, 2.75) is 32.5 Å². The van der Waals surface area contributed by atoms with Crippen LogP contribution in [0.4, 0.5) is 13.2 Å². The molecule has 0 spiro atoms. The average molecular weight is 393 g/mol. The quantitative estimate of drug-likeness (QED) is 0.796. The lowest BCUT2D eigenvalue weighted by Crippen LogP contribution is -2.33. The summed E-state index contributed by atoms with van der Waals surface area (Å²) in [5.74, 6) is 0.383. The Kier molecular flexibility index (Phi) is 5.82. The van der Waals surface area contributed by atoms with Crippen LogP contribution in [-0.2, 0) is 6.18 Å². The van der Waals surface area contributed by atoms with E-state index in [1.165, 1.54) is 18.2 Å². The Hall–Kier alpha value is -2.70. The van der Waals surface area contributed by atoms with Gasteiger partial charge in [-0.1, -0.05) is 32.0 Å². The van der Waals surface area contributed by atoms with Crippen LogP contribution in [0, 0.1) is 5.92 Å². The zero-order valence-corrected chi connectivity index (χ0v) is 15.7. The minimum Gasteiger partial charge on any atom is -0.490 e. The topological polar surface area (TPSA) is 47.6 Å². The van der Waals surface area contributed by atoms with E-state index in [0.29, 0.717) is 24.7 Å². The second kappa shape index (κ2) is 8.12. The van der Waals surface area contributed by atoms with Crippen molar-refractivity contribution in [1.82, 2.24) is 5.32 Å². The fraction of sp³-hybridized carbons (Fsp3) is 0.381. The predicted octanol–water partition coefficient (Wildman–Crippen LogP) is 4.99. The highest BCUT2D eigenvalue weighted by Gasteiger charge is 2.35. The van der Waals surface area contributed by atoms with E-state index in [0.717, 1.165) is 18.1 Å². The minimum atomic E-state index is -4.60. The van der Waals surface area contributed by atoms with Crippen molar-refractivity contribution in [3.63, 3.8) is 0 Å². The van der Waals surface area contributed by atoms with Gasteiger partial charge in [0.1, 0.15) is 0 Å². The van der Waals surface area contributed by atoms with Crippen LogP contribution >= 0.6 is 0 Å². The molecule has 0 unspecified atom stereocenters. The maximum absolute atomic E-state index is 13.2. The Morgan fingerprint density at radius 3 is 2.39 bits per heavy atom. The highest BCUT2D eigenvalue weighted by Crippen LogP contribution is 2.35. The third kappa shape index (κ3) is 4.40. The van der Waals surface area contributed by atoms with E-state index in [4.69, 9.17) is 9.47 Å². The average Bonchev–Trinajstić information content (AvgIpc) is 2.89. The maximum Gasteiger partial charge on any atom is 0.417 e. The Labute approximate surface area is 161 Å². The van der Waals surface area contributed by atoms with Crippen LogP contribution in [0.15, 0.2) is 42.5 Å². The van der Waals surface area contributed by atoms with Gasteiger partial charge in [-0.2, -0.15) is 13.2 Å². The fourth-order valence-corrected chi connectivity index (χ4v) is 3.16.